The van der Waals surface area contributed by atoms with Crippen molar-refractivity contribution in [3.63, 3.8) is 0 Å². The van der Waals surface area contributed by atoms with E-state index in [1.54, 1.807) is 13.2 Å². The van der Waals surface area contributed by atoms with Crippen LogP contribution in [0.4, 0.5) is 5.00 Å². The highest BCUT2D eigenvalue weighted by atomic mass is 32.1. The van der Waals surface area contributed by atoms with Crippen molar-refractivity contribution in [2.45, 2.75) is 6.92 Å². The van der Waals surface area contributed by atoms with E-state index < -0.39 is 5.97 Å². The Labute approximate surface area is 173 Å². The molecule has 1 aromatic heterocycles. The molecule has 0 aliphatic carbocycles. The van der Waals surface area contributed by atoms with Crippen LogP contribution in [-0.4, -0.2) is 26.1 Å². The Balaban J connectivity index is 1.86. The number of amides is 1. The van der Waals surface area contributed by atoms with E-state index in [0.29, 0.717) is 10.6 Å². The Morgan fingerprint density at radius 1 is 1.00 bits per heavy atom. The molecule has 2 aromatic carbocycles. The average molecular weight is 407 g/mol. The first kappa shape index (κ1) is 20.4. The van der Waals surface area contributed by atoms with Gasteiger partial charge in [-0.2, -0.15) is 0 Å². The first-order chi connectivity index (χ1) is 14.0. The van der Waals surface area contributed by atoms with Gasteiger partial charge in [0.25, 0.3) is 0 Å². The summed E-state index contributed by atoms with van der Waals surface area (Å²) in [5.41, 5.74) is 3.00. The monoisotopic (exact) mass is 407 g/mol. The van der Waals surface area contributed by atoms with Gasteiger partial charge in [-0.1, -0.05) is 42.5 Å². The predicted octanol–water partition coefficient (Wildman–Crippen LogP) is 5.17. The van der Waals surface area contributed by atoms with E-state index in [2.05, 4.69) is 5.32 Å². The molecule has 0 fully saturated rings. The van der Waals surface area contributed by atoms with Gasteiger partial charge in [-0.05, 0) is 41.8 Å². The highest BCUT2D eigenvalue weighted by Gasteiger charge is 2.23. The van der Waals surface area contributed by atoms with Crippen LogP contribution in [-0.2, 0) is 9.53 Å². The van der Waals surface area contributed by atoms with Crippen LogP contribution in [0.2, 0.25) is 0 Å². The number of hydrogen-bond acceptors (Lipinski definition) is 5. The lowest BCUT2D eigenvalue weighted by Crippen LogP contribution is -2.11. The molecule has 5 nitrogen and oxygen atoms in total. The lowest BCUT2D eigenvalue weighted by Gasteiger charge is -2.04. The number of nitrogens with one attached hydrogen (secondary N) is 1. The van der Waals surface area contributed by atoms with E-state index in [9.17, 15) is 9.59 Å². The molecule has 0 saturated heterocycles. The highest BCUT2D eigenvalue weighted by Crippen LogP contribution is 2.40. The normalized spacial score (nSPS) is 10.7. The number of ether oxygens (including phenoxy) is 2. The minimum absolute atomic E-state index is 0.327. The zero-order chi connectivity index (χ0) is 20.8. The molecule has 1 heterocycles. The van der Waals surface area contributed by atoms with Crippen molar-refractivity contribution >= 4 is 34.3 Å². The lowest BCUT2D eigenvalue weighted by atomic mass is 10.1. The van der Waals surface area contributed by atoms with Crippen molar-refractivity contribution in [1.82, 2.24) is 0 Å². The molecule has 0 spiro atoms. The van der Waals surface area contributed by atoms with Crippen LogP contribution in [0.5, 0.6) is 5.75 Å². The lowest BCUT2D eigenvalue weighted by molar-refractivity contribution is -0.111. The molecule has 1 N–H and O–H groups in total. The van der Waals surface area contributed by atoms with Gasteiger partial charge in [0.15, 0.2) is 0 Å². The number of esters is 1. The summed E-state index contributed by atoms with van der Waals surface area (Å²) in [7, 11) is 2.93. The first-order valence-corrected chi connectivity index (χ1v) is 9.75. The number of rotatable bonds is 6. The number of carbonyl (C=O) groups is 2. The summed E-state index contributed by atoms with van der Waals surface area (Å²) in [6.45, 7) is 1.86. The Kier molecular flexibility index (Phi) is 6.46. The van der Waals surface area contributed by atoms with Crippen molar-refractivity contribution in [2.75, 3.05) is 19.5 Å². The van der Waals surface area contributed by atoms with Crippen molar-refractivity contribution in [2.24, 2.45) is 0 Å². The van der Waals surface area contributed by atoms with Crippen LogP contribution in [0.3, 0.4) is 0 Å². The van der Waals surface area contributed by atoms with E-state index in [0.717, 1.165) is 27.3 Å². The molecule has 0 unspecified atom stereocenters. The second-order valence-corrected chi connectivity index (χ2v) is 7.23. The van der Waals surface area contributed by atoms with Crippen LogP contribution < -0.4 is 10.1 Å². The zero-order valence-corrected chi connectivity index (χ0v) is 17.2. The van der Waals surface area contributed by atoms with Gasteiger partial charge in [-0.15, -0.1) is 11.3 Å². The van der Waals surface area contributed by atoms with E-state index >= 15 is 0 Å². The fourth-order valence-corrected chi connectivity index (χ4v) is 4.06. The molecule has 0 bridgehead atoms. The van der Waals surface area contributed by atoms with Gasteiger partial charge < -0.3 is 14.8 Å². The van der Waals surface area contributed by atoms with E-state index in [-0.39, 0.29) is 5.91 Å². The maximum atomic E-state index is 12.5. The average Bonchev–Trinajstić information content (AvgIpc) is 3.08. The largest absolute Gasteiger partial charge is 0.497 e. The van der Waals surface area contributed by atoms with Gasteiger partial charge in [-0.25, -0.2) is 4.79 Å². The minimum Gasteiger partial charge on any atom is -0.497 e. The molecule has 0 saturated carbocycles. The predicted molar refractivity (Wildman–Crippen MR) is 116 cm³/mol. The Bertz CT molecular complexity index is 1040. The maximum absolute atomic E-state index is 12.5. The summed E-state index contributed by atoms with van der Waals surface area (Å²) in [4.78, 5) is 25.7. The van der Waals surface area contributed by atoms with Gasteiger partial charge in [0.2, 0.25) is 5.91 Å². The molecule has 6 heteroatoms. The number of carbonyl (C=O) groups excluding carboxylic acids is 2. The quantitative estimate of drug-likeness (QED) is 0.452. The molecule has 0 radical (unpaired) electrons. The number of hydrogen-bond donors (Lipinski definition) is 1. The molecular formula is C23H21NO4S. The standard InChI is InChI=1S/C23H21NO4S/c1-15-20(23(26)28-3)22(29-21(15)17-7-5-4-6-8-17)24-19(25)14-11-16-9-12-18(27-2)13-10-16/h4-14H,1-3H3,(H,24,25). The number of benzene rings is 2. The maximum Gasteiger partial charge on any atom is 0.341 e. The fourth-order valence-electron chi connectivity index (χ4n) is 2.85. The third-order valence-electron chi connectivity index (χ3n) is 4.35. The van der Waals surface area contributed by atoms with E-state index in [1.165, 1.54) is 24.5 Å². The third kappa shape index (κ3) is 4.73. The SMILES string of the molecule is COC(=O)c1c(NC(=O)C=Cc2ccc(OC)cc2)sc(-c2ccccc2)c1C. The molecule has 29 heavy (non-hydrogen) atoms. The topological polar surface area (TPSA) is 64.6 Å². The first-order valence-electron chi connectivity index (χ1n) is 8.93. The van der Waals surface area contributed by atoms with Gasteiger partial charge in [0.1, 0.15) is 10.8 Å². The molecule has 3 aromatic rings. The summed E-state index contributed by atoms with van der Waals surface area (Å²) in [6, 6.07) is 17.1. The van der Waals surface area contributed by atoms with E-state index in [1.807, 2.05) is 61.5 Å². The highest BCUT2D eigenvalue weighted by molar-refractivity contribution is 7.20. The number of thiophene rings is 1. The summed E-state index contributed by atoms with van der Waals surface area (Å²) in [6.07, 6.45) is 3.13. The van der Waals surface area contributed by atoms with Crippen LogP contribution in [0.1, 0.15) is 21.5 Å². The molecule has 0 atom stereocenters. The van der Waals surface area contributed by atoms with Crippen LogP contribution in [0.25, 0.3) is 16.5 Å². The smallest absolute Gasteiger partial charge is 0.341 e. The van der Waals surface area contributed by atoms with Gasteiger partial charge in [-0.3, -0.25) is 4.79 Å². The second-order valence-electron chi connectivity index (χ2n) is 6.21. The number of anilines is 1. The Morgan fingerprint density at radius 2 is 1.69 bits per heavy atom. The van der Waals surface area contributed by atoms with Gasteiger partial charge in [0, 0.05) is 11.0 Å². The molecular weight excluding hydrogens is 386 g/mol. The van der Waals surface area contributed by atoms with Crippen LogP contribution in [0, 0.1) is 6.92 Å². The number of methoxy groups -OCH3 is 2. The molecule has 148 valence electrons. The molecule has 0 aliphatic rings. The summed E-state index contributed by atoms with van der Waals surface area (Å²) < 4.78 is 10.1. The van der Waals surface area contributed by atoms with Crippen LogP contribution in [0.15, 0.2) is 60.7 Å². The third-order valence-corrected chi connectivity index (χ3v) is 5.61. The molecule has 1 amide bonds. The van der Waals surface area contributed by atoms with Crippen molar-refractivity contribution in [1.29, 1.82) is 0 Å². The van der Waals surface area contributed by atoms with Crippen LogP contribution >= 0.6 is 11.3 Å². The fraction of sp³-hybridized carbons (Fsp3) is 0.130. The van der Waals surface area contributed by atoms with Crippen molar-refractivity contribution in [3.05, 3.63) is 77.4 Å². The van der Waals surface area contributed by atoms with E-state index in [4.69, 9.17) is 9.47 Å². The van der Waals surface area contributed by atoms with Gasteiger partial charge >= 0.3 is 5.97 Å². The molecule has 0 aliphatic heterocycles. The Hall–Kier alpha value is -3.38. The summed E-state index contributed by atoms with van der Waals surface area (Å²) in [5.74, 6) is -0.0565. The van der Waals surface area contributed by atoms with Crippen molar-refractivity contribution in [3.8, 4) is 16.2 Å². The molecule has 3 rings (SSSR count). The minimum atomic E-state index is -0.477. The van der Waals surface area contributed by atoms with Gasteiger partial charge in [0.05, 0.1) is 19.8 Å². The second kappa shape index (κ2) is 9.21. The van der Waals surface area contributed by atoms with Crippen molar-refractivity contribution < 1.29 is 19.1 Å². The summed E-state index contributed by atoms with van der Waals surface area (Å²) >= 11 is 1.35. The Morgan fingerprint density at radius 3 is 2.31 bits per heavy atom. The summed E-state index contributed by atoms with van der Waals surface area (Å²) in [5, 5.41) is 3.29. The zero-order valence-electron chi connectivity index (χ0n) is 16.4.